The zero-order chi connectivity index (χ0) is 26.5. The third kappa shape index (κ3) is 6.52. The van der Waals surface area contributed by atoms with Crippen LogP contribution in [-0.2, 0) is 24.8 Å². The van der Waals surface area contributed by atoms with Gasteiger partial charge in [0, 0.05) is 12.7 Å². The summed E-state index contributed by atoms with van der Waals surface area (Å²) in [6, 6.07) is 16.6. The van der Waals surface area contributed by atoms with Crippen LogP contribution in [0, 0.1) is 5.82 Å². The van der Waals surface area contributed by atoms with Crippen LogP contribution in [0.1, 0.15) is 6.92 Å². The predicted molar refractivity (Wildman–Crippen MR) is 137 cm³/mol. The van der Waals surface area contributed by atoms with Gasteiger partial charge in [0.25, 0.3) is 10.0 Å². The SMILES string of the molecule is CCOc1ccc(N(CC(=O)Nc2cccc(N(C)S(C)(=O)=O)c2)S(=O)(=O)c2ccc(F)cc2)cc1. The molecule has 0 atom stereocenters. The second-order valence-electron chi connectivity index (χ2n) is 7.72. The Kier molecular flexibility index (Phi) is 8.21. The molecular weight excluding hydrogens is 509 g/mol. The van der Waals surface area contributed by atoms with E-state index in [1.165, 1.54) is 25.2 Å². The quantitative estimate of drug-likeness (QED) is 0.426. The van der Waals surface area contributed by atoms with E-state index in [-0.39, 0.29) is 16.3 Å². The average molecular weight is 536 g/mol. The monoisotopic (exact) mass is 535 g/mol. The van der Waals surface area contributed by atoms with E-state index in [1.54, 1.807) is 30.3 Å². The lowest BCUT2D eigenvalue weighted by Crippen LogP contribution is -2.38. The molecule has 3 rings (SSSR count). The van der Waals surface area contributed by atoms with Gasteiger partial charge in [-0.3, -0.25) is 13.4 Å². The minimum absolute atomic E-state index is 0.192. The van der Waals surface area contributed by atoms with E-state index in [9.17, 15) is 26.0 Å². The van der Waals surface area contributed by atoms with Crippen molar-refractivity contribution in [2.45, 2.75) is 11.8 Å². The fourth-order valence-electron chi connectivity index (χ4n) is 3.23. The number of hydrogen-bond donors (Lipinski definition) is 1. The number of benzene rings is 3. The Morgan fingerprint density at radius 2 is 1.58 bits per heavy atom. The molecule has 0 unspecified atom stereocenters. The highest BCUT2D eigenvalue weighted by Gasteiger charge is 2.27. The Balaban J connectivity index is 1.91. The molecule has 12 heteroatoms. The molecule has 36 heavy (non-hydrogen) atoms. The highest BCUT2D eigenvalue weighted by Crippen LogP contribution is 2.27. The molecule has 0 heterocycles. The molecule has 3 aromatic carbocycles. The Labute approximate surface area is 210 Å². The Bertz CT molecular complexity index is 1430. The van der Waals surface area contributed by atoms with Crippen molar-refractivity contribution in [2.24, 2.45) is 0 Å². The second kappa shape index (κ2) is 11.0. The fraction of sp³-hybridized carbons (Fsp3) is 0.208. The summed E-state index contributed by atoms with van der Waals surface area (Å²) in [6.45, 7) is 1.64. The lowest BCUT2D eigenvalue weighted by atomic mass is 10.2. The predicted octanol–water partition coefficient (Wildman–Crippen LogP) is 3.45. The maximum atomic E-state index is 13.4. The summed E-state index contributed by atoms with van der Waals surface area (Å²) in [5.74, 6) is -0.747. The van der Waals surface area contributed by atoms with E-state index in [0.717, 1.165) is 39.1 Å². The van der Waals surface area contributed by atoms with E-state index in [4.69, 9.17) is 4.74 Å². The summed E-state index contributed by atoms with van der Waals surface area (Å²) >= 11 is 0. The first-order valence-corrected chi connectivity index (χ1v) is 14.1. The molecule has 1 N–H and O–H groups in total. The van der Waals surface area contributed by atoms with Crippen LogP contribution in [0.5, 0.6) is 5.75 Å². The van der Waals surface area contributed by atoms with Gasteiger partial charge in [0.05, 0.1) is 29.1 Å². The number of hydrogen-bond acceptors (Lipinski definition) is 6. The Hall–Kier alpha value is -3.64. The molecule has 0 bridgehead atoms. The number of halogens is 1. The number of anilines is 3. The molecule has 0 radical (unpaired) electrons. The topological polar surface area (TPSA) is 113 Å². The van der Waals surface area contributed by atoms with Crippen LogP contribution < -0.4 is 18.7 Å². The molecule has 0 aliphatic carbocycles. The van der Waals surface area contributed by atoms with Crippen LogP contribution >= 0.6 is 0 Å². The number of carbonyl (C=O) groups excluding carboxylic acids is 1. The van der Waals surface area contributed by atoms with Crippen LogP contribution in [0.4, 0.5) is 21.5 Å². The first kappa shape index (κ1) is 27.0. The summed E-state index contributed by atoms with van der Waals surface area (Å²) in [5, 5.41) is 2.60. The van der Waals surface area contributed by atoms with Crippen LogP contribution in [0.15, 0.2) is 77.7 Å². The van der Waals surface area contributed by atoms with Gasteiger partial charge in [-0.2, -0.15) is 0 Å². The van der Waals surface area contributed by atoms with Gasteiger partial charge >= 0.3 is 0 Å². The summed E-state index contributed by atoms with van der Waals surface area (Å²) in [5.41, 5.74) is 0.792. The number of carbonyl (C=O) groups is 1. The van der Waals surface area contributed by atoms with Crippen molar-refractivity contribution in [1.29, 1.82) is 0 Å². The minimum Gasteiger partial charge on any atom is -0.494 e. The highest BCUT2D eigenvalue weighted by molar-refractivity contribution is 7.93. The molecule has 0 fully saturated rings. The van der Waals surface area contributed by atoms with Gasteiger partial charge in [-0.05, 0) is 73.7 Å². The number of nitrogens with zero attached hydrogens (tertiary/aromatic N) is 2. The van der Waals surface area contributed by atoms with Crippen molar-refractivity contribution in [2.75, 3.05) is 40.4 Å². The third-order valence-corrected chi connectivity index (χ3v) is 8.11. The molecular formula is C24H26FN3O6S2. The lowest BCUT2D eigenvalue weighted by Gasteiger charge is -2.24. The lowest BCUT2D eigenvalue weighted by molar-refractivity contribution is -0.114. The first-order valence-electron chi connectivity index (χ1n) is 10.8. The molecule has 0 aromatic heterocycles. The summed E-state index contributed by atoms with van der Waals surface area (Å²) in [6.07, 6.45) is 1.05. The van der Waals surface area contributed by atoms with Crippen molar-refractivity contribution in [3.63, 3.8) is 0 Å². The van der Waals surface area contributed by atoms with E-state index < -0.39 is 38.3 Å². The molecule has 192 valence electrons. The van der Waals surface area contributed by atoms with Gasteiger partial charge in [-0.25, -0.2) is 21.2 Å². The number of nitrogens with one attached hydrogen (secondary N) is 1. The molecule has 0 saturated carbocycles. The van der Waals surface area contributed by atoms with Crippen LogP contribution in [0.3, 0.4) is 0 Å². The fourth-order valence-corrected chi connectivity index (χ4v) is 5.14. The zero-order valence-corrected chi connectivity index (χ0v) is 21.5. The zero-order valence-electron chi connectivity index (χ0n) is 19.9. The largest absolute Gasteiger partial charge is 0.494 e. The van der Waals surface area contributed by atoms with E-state index in [0.29, 0.717) is 18.0 Å². The molecule has 0 saturated heterocycles. The average Bonchev–Trinajstić information content (AvgIpc) is 2.82. The second-order valence-corrected chi connectivity index (χ2v) is 11.6. The van der Waals surface area contributed by atoms with Crippen LogP contribution in [-0.4, -0.2) is 49.2 Å². The normalized spacial score (nSPS) is 11.6. The number of amides is 1. The van der Waals surface area contributed by atoms with Gasteiger partial charge in [0.15, 0.2) is 0 Å². The van der Waals surface area contributed by atoms with Gasteiger partial charge < -0.3 is 10.1 Å². The number of sulfonamides is 2. The molecule has 0 aliphatic rings. The number of ether oxygens (including phenoxy) is 1. The Morgan fingerprint density at radius 1 is 0.944 bits per heavy atom. The van der Waals surface area contributed by atoms with Crippen molar-refractivity contribution >= 4 is 43.0 Å². The van der Waals surface area contributed by atoms with Crippen molar-refractivity contribution in [3.05, 3.63) is 78.6 Å². The number of rotatable bonds is 10. The van der Waals surface area contributed by atoms with Crippen LogP contribution in [0.25, 0.3) is 0 Å². The van der Waals surface area contributed by atoms with Gasteiger partial charge in [0.2, 0.25) is 15.9 Å². The van der Waals surface area contributed by atoms with Crippen molar-refractivity contribution in [3.8, 4) is 5.75 Å². The van der Waals surface area contributed by atoms with Gasteiger partial charge in [-0.1, -0.05) is 6.07 Å². The van der Waals surface area contributed by atoms with E-state index in [2.05, 4.69) is 5.32 Å². The van der Waals surface area contributed by atoms with Gasteiger partial charge in [0.1, 0.15) is 18.1 Å². The molecule has 9 nitrogen and oxygen atoms in total. The maximum Gasteiger partial charge on any atom is 0.264 e. The van der Waals surface area contributed by atoms with E-state index >= 15 is 0 Å². The summed E-state index contributed by atoms with van der Waals surface area (Å²) < 4.78 is 71.3. The summed E-state index contributed by atoms with van der Waals surface area (Å²) in [4.78, 5) is 12.7. The first-order chi connectivity index (χ1) is 16.9. The Morgan fingerprint density at radius 3 is 2.17 bits per heavy atom. The molecule has 0 aliphatic heterocycles. The molecule has 3 aromatic rings. The minimum atomic E-state index is -4.25. The maximum absolute atomic E-state index is 13.4. The van der Waals surface area contributed by atoms with Crippen molar-refractivity contribution in [1.82, 2.24) is 0 Å². The third-order valence-electron chi connectivity index (χ3n) is 5.12. The van der Waals surface area contributed by atoms with E-state index in [1.807, 2.05) is 6.92 Å². The standard InChI is InChI=1S/C24H26FN3O6S2/c1-4-34-22-12-10-20(11-13-22)28(36(32,33)23-14-8-18(25)9-15-23)17-24(29)26-19-6-5-7-21(16-19)27(2)35(3,30)31/h5-16H,4,17H2,1-3H3,(H,26,29). The molecule has 0 spiro atoms. The highest BCUT2D eigenvalue weighted by atomic mass is 32.2. The summed E-state index contributed by atoms with van der Waals surface area (Å²) in [7, 11) is -6.39. The van der Waals surface area contributed by atoms with Gasteiger partial charge in [-0.15, -0.1) is 0 Å². The van der Waals surface area contributed by atoms with Crippen molar-refractivity contribution < 1.29 is 30.8 Å². The molecule has 1 amide bonds. The van der Waals surface area contributed by atoms with Crippen LogP contribution in [0.2, 0.25) is 0 Å². The smallest absolute Gasteiger partial charge is 0.264 e.